The van der Waals surface area contributed by atoms with Gasteiger partial charge in [-0.2, -0.15) is 13.2 Å². The van der Waals surface area contributed by atoms with Crippen molar-refractivity contribution in [2.24, 2.45) is 5.92 Å². The van der Waals surface area contributed by atoms with Gasteiger partial charge >= 0.3 is 6.18 Å². The van der Waals surface area contributed by atoms with Crippen LogP contribution in [-0.4, -0.2) is 43.8 Å². The second-order valence-electron chi connectivity index (χ2n) is 4.59. The minimum atomic E-state index is -4.09. The Bertz CT molecular complexity index is 194. The molecule has 90 valence electrons. The third kappa shape index (κ3) is 5.37. The predicted molar refractivity (Wildman–Crippen MR) is 53.7 cm³/mol. The van der Waals surface area contributed by atoms with Gasteiger partial charge in [0.05, 0.1) is 6.54 Å². The van der Waals surface area contributed by atoms with Crippen molar-refractivity contribution in [3.8, 4) is 0 Å². The molecule has 15 heavy (non-hydrogen) atoms. The Balaban J connectivity index is 2.28. The summed E-state index contributed by atoms with van der Waals surface area (Å²) in [6.45, 7) is 2.73. The molecule has 1 heterocycles. The number of rotatable bonds is 3. The van der Waals surface area contributed by atoms with Crippen LogP contribution in [0.3, 0.4) is 0 Å². The monoisotopic (exact) mass is 224 g/mol. The maximum atomic E-state index is 12.1. The van der Waals surface area contributed by atoms with Gasteiger partial charge in [-0.05, 0) is 32.4 Å². The van der Waals surface area contributed by atoms with Gasteiger partial charge in [-0.15, -0.1) is 0 Å². The molecule has 1 rings (SSSR count). The molecule has 1 aliphatic heterocycles. The largest absolute Gasteiger partial charge is 0.401 e. The number of hydrogen-bond donors (Lipinski definition) is 1. The highest BCUT2D eigenvalue weighted by Crippen LogP contribution is 2.18. The number of alkyl halides is 3. The van der Waals surface area contributed by atoms with Gasteiger partial charge in [-0.3, -0.25) is 4.90 Å². The van der Waals surface area contributed by atoms with E-state index >= 15 is 0 Å². The molecule has 2 nitrogen and oxygen atoms in total. The summed E-state index contributed by atoms with van der Waals surface area (Å²) in [6.07, 6.45) is -1.99. The van der Waals surface area contributed by atoms with E-state index in [-0.39, 0.29) is 6.04 Å². The minimum absolute atomic E-state index is 0.209. The highest BCUT2D eigenvalue weighted by Gasteiger charge is 2.30. The SMILES string of the molecule is CC1CCNC(CN(C)CC(F)(F)F)C1. The predicted octanol–water partition coefficient (Wildman–Crippen LogP) is 1.87. The fraction of sp³-hybridized carbons (Fsp3) is 1.00. The molecule has 0 aliphatic carbocycles. The van der Waals surface area contributed by atoms with Crippen LogP contribution in [-0.2, 0) is 0 Å². The smallest absolute Gasteiger partial charge is 0.313 e. The van der Waals surface area contributed by atoms with Crippen molar-refractivity contribution in [3.05, 3.63) is 0 Å². The number of likely N-dealkylation sites (N-methyl/N-ethyl adjacent to an activating group) is 1. The maximum Gasteiger partial charge on any atom is 0.401 e. The van der Waals surface area contributed by atoms with Crippen LogP contribution in [0.1, 0.15) is 19.8 Å². The van der Waals surface area contributed by atoms with Gasteiger partial charge in [0.15, 0.2) is 0 Å². The lowest BCUT2D eigenvalue weighted by atomic mass is 9.94. The molecule has 2 atom stereocenters. The van der Waals surface area contributed by atoms with Gasteiger partial charge in [0.25, 0.3) is 0 Å². The molecule has 0 spiro atoms. The van der Waals surface area contributed by atoms with Crippen molar-refractivity contribution in [1.82, 2.24) is 10.2 Å². The summed E-state index contributed by atoms with van der Waals surface area (Å²) in [4.78, 5) is 1.34. The van der Waals surface area contributed by atoms with Crippen LogP contribution in [0.15, 0.2) is 0 Å². The zero-order valence-corrected chi connectivity index (χ0v) is 9.27. The molecule has 0 aromatic heterocycles. The van der Waals surface area contributed by atoms with Gasteiger partial charge in [0, 0.05) is 12.6 Å². The van der Waals surface area contributed by atoms with E-state index in [1.165, 1.54) is 11.9 Å². The number of halogens is 3. The average Bonchev–Trinajstić information content (AvgIpc) is 1.99. The molecule has 2 unspecified atom stereocenters. The highest BCUT2D eigenvalue weighted by molar-refractivity contribution is 4.79. The summed E-state index contributed by atoms with van der Waals surface area (Å²) in [5, 5.41) is 3.26. The lowest BCUT2D eigenvalue weighted by Gasteiger charge is -2.31. The second-order valence-corrected chi connectivity index (χ2v) is 4.59. The van der Waals surface area contributed by atoms with Crippen molar-refractivity contribution in [1.29, 1.82) is 0 Å². The van der Waals surface area contributed by atoms with E-state index in [0.29, 0.717) is 12.5 Å². The van der Waals surface area contributed by atoms with Crippen LogP contribution >= 0.6 is 0 Å². The molecule has 1 aliphatic rings. The first-order chi connectivity index (χ1) is 6.87. The summed E-state index contributed by atoms with van der Waals surface area (Å²) in [7, 11) is 1.52. The van der Waals surface area contributed by atoms with Crippen LogP contribution in [0.4, 0.5) is 13.2 Å². The van der Waals surface area contributed by atoms with Gasteiger partial charge in [-0.1, -0.05) is 6.92 Å². The van der Waals surface area contributed by atoms with E-state index < -0.39 is 12.7 Å². The van der Waals surface area contributed by atoms with E-state index in [1.807, 2.05) is 0 Å². The molecule has 0 radical (unpaired) electrons. The first kappa shape index (κ1) is 12.8. The quantitative estimate of drug-likeness (QED) is 0.787. The molecule has 0 aromatic rings. The van der Waals surface area contributed by atoms with Gasteiger partial charge in [0.2, 0.25) is 0 Å². The van der Waals surface area contributed by atoms with Crippen molar-refractivity contribution >= 4 is 0 Å². The molecule has 0 bridgehead atoms. The molecule has 0 saturated carbocycles. The summed E-state index contributed by atoms with van der Waals surface area (Å²) in [5.41, 5.74) is 0. The summed E-state index contributed by atoms with van der Waals surface area (Å²) >= 11 is 0. The van der Waals surface area contributed by atoms with E-state index in [4.69, 9.17) is 0 Å². The molecule has 1 N–H and O–H groups in total. The molecule has 5 heteroatoms. The normalized spacial score (nSPS) is 28.4. The zero-order valence-electron chi connectivity index (χ0n) is 9.27. The molecule has 1 saturated heterocycles. The maximum absolute atomic E-state index is 12.1. The first-order valence-electron chi connectivity index (χ1n) is 5.35. The Labute approximate surface area is 88.8 Å². The van der Waals surface area contributed by atoms with Crippen molar-refractivity contribution in [2.75, 3.05) is 26.7 Å². The fourth-order valence-electron chi connectivity index (χ4n) is 2.11. The number of hydrogen-bond acceptors (Lipinski definition) is 2. The number of nitrogens with zero attached hydrogens (tertiary/aromatic N) is 1. The Morgan fingerprint density at radius 3 is 2.60 bits per heavy atom. The van der Waals surface area contributed by atoms with E-state index in [9.17, 15) is 13.2 Å². The Hall–Kier alpha value is -0.290. The summed E-state index contributed by atoms with van der Waals surface area (Å²) in [6, 6.07) is 0.209. The van der Waals surface area contributed by atoms with E-state index in [0.717, 1.165) is 19.4 Å². The van der Waals surface area contributed by atoms with Crippen LogP contribution < -0.4 is 5.32 Å². The zero-order chi connectivity index (χ0) is 11.5. The molecule has 0 amide bonds. The summed E-state index contributed by atoms with van der Waals surface area (Å²) < 4.78 is 36.2. The minimum Gasteiger partial charge on any atom is -0.313 e. The fourth-order valence-corrected chi connectivity index (χ4v) is 2.11. The van der Waals surface area contributed by atoms with Crippen molar-refractivity contribution < 1.29 is 13.2 Å². The van der Waals surface area contributed by atoms with Crippen molar-refractivity contribution in [2.45, 2.75) is 32.0 Å². The third-order valence-corrected chi connectivity index (χ3v) is 2.74. The molecule has 0 aromatic carbocycles. The van der Waals surface area contributed by atoms with Crippen LogP contribution in [0, 0.1) is 5.92 Å². The van der Waals surface area contributed by atoms with Crippen LogP contribution in [0.25, 0.3) is 0 Å². The Kier molecular flexibility index (Phi) is 4.40. The topological polar surface area (TPSA) is 15.3 Å². The summed E-state index contributed by atoms with van der Waals surface area (Å²) in [5.74, 6) is 0.621. The third-order valence-electron chi connectivity index (χ3n) is 2.74. The lowest BCUT2D eigenvalue weighted by Crippen LogP contribution is -2.46. The molecule has 1 fully saturated rings. The van der Waals surface area contributed by atoms with Crippen LogP contribution in [0.2, 0.25) is 0 Å². The number of nitrogens with one attached hydrogen (secondary N) is 1. The van der Waals surface area contributed by atoms with E-state index in [1.54, 1.807) is 0 Å². The van der Waals surface area contributed by atoms with Crippen LogP contribution in [0.5, 0.6) is 0 Å². The number of piperidine rings is 1. The standard InChI is InChI=1S/C10H19F3N2/c1-8-3-4-14-9(5-8)6-15(2)7-10(11,12)13/h8-9,14H,3-7H2,1-2H3. The Morgan fingerprint density at radius 2 is 2.07 bits per heavy atom. The highest BCUT2D eigenvalue weighted by atomic mass is 19.4. The molecular weight excluding hydrogens is 205 g/mol. The second kappa shape index (κ2) is 5.16. The molecular formula is C10H19F3N2. The first-order valence-corrected chi connectivity index (χ1v) is 5.35. The van der Waals surface area contributed by atoms with Crippen molar-refractivity contribution in [3.63, 3.8) is 0 Å². The van der Waals surface area contributed by atoms with E-state index in [2.05, 4.69) is 12.2 Å². The lowest BCUT2D eigenvalue weighted by molar-refractivity contribution is -0.143. The average molecular weight is 224 g/mol. The van der Waals surface area contributed by atoms with Gasteiger partial charge in [-0.25, -0.2) is 0 Å². The van der Waals surface area contributed by atoms with Gasteiger partial charge < -0.3 is 5.32 Å². The van der Waals surface area contributed by atoms with Gasteiger partial charge in [0.1, 0.15) is 0 Å². The Morgan fingerprint density at radius 1 is 1.40 bits per heavy atom.